The van der Waals surface area contributed by atoms with Crippen LogP contribution in [0.5, 0.6) is 11.5 Å². The number of aromatic nitrogens is 2. The zero-order chi connectivity index (χ0) is 30.8. The summed E-state index contributed by atoms with van der Waals surface area (Å²) in [7, 11) is 1.49. The predicted octanol–water partition coefficient (Wildman–Crippen LogP) is 7.44. The lowest BCUT2D eigenvalue weighted by molar-refractivity contribution is -0.118. The van der Waals surface area contributed by atoms with Gasteiger partial charge < -0.3 is 19.2 Å². The van der Waals surface area contributed by atoms with Crippen LogP contribution in [0.2, 0.25) is 5.02 Å². The van der Waals surface area contributed by atoms with E-state index in [-0.39, 0.29) is 24.1 Å². The second kappa shape index (κ2) is 12.4. The van der Waals surface area contributed by atoms with Gasteiger partial charge in [-0.2, -0.15) is 9.78 Å². The standard InChI is InChI=1S/C33H24BrClN4O5/c1-19-7-10-24(11-8-19)37-30(40)18-43-31-21(13-22(34)16-28(31)42-2)17-36-39-32(38-26-6-4-3-5-25(26)33(39)41)29-15-20-14-23(35)9-12-27(20)44-29/h3-17H,18H2,1-2H3,(H,37,40). The molecular weight excluding hydrogens is 648 g/mol. The van der Waals surface area contributed by atoms with Crippen LogP contribution < -0.4 is 20.3 Å². The van der Waals surface area contributed by atoms with Gasteiger partial charge in [-0.3, -0.25) is 9.59 Å². The third-order valence-electron chi connectivity index (χ3n) is 6.72. The number of fused-ring (bicyclic) bond motifs is 2. The quantitative estimate of drug-likeness (QED) is 0.169. The molecule has 0 fully saturated rings. The normalized spacial score (nSPS) is 11.4. The zero-order valence-corrected chi connectivity index (χ0v) is 25.8. The number of hydrogen-bond donors (Lipinski definition) is 1. The number of nitrogens with zero attached hydrogens (tertiary/aromatic N) is 3. The third-order valence-corrected chi connectivity index (χ3v) is 7.41. The molecule has 4 aromatic carbocycles. The highest BCUT2D eigenvalue weighted by molar-refractivity contribution is 9.10. The minimum Gasteiger partial charge on any atom is -0.493 e. The van der Waals surface area contributed by atoms with E-state index in [0.29, 0.717) is 48.7 Å². The summed E-state index contributed by atoms with van der Waals surface area (Å²) in [5.74, 6) is 0.795. The van der Waals surface area contributed by atoms with E-state index in [9.17, 15) is 9.59 Å². The number of furan rings is 1. The van der Waals surface area contributed by atoms with Gasteiger partial charge in [-0.25, -0.2) is 4.98 Å². The molecule has 0 aliphatic carbocycles. The summed E-state index contributed by atoms with van der Waals surface area (Å²) in [4.78, 5) is 31.1. The molecule has 9 nitrogen and oxygen atoms in total. The molecule has 0 radical (unpaired) electrons. The van der Waals surface area contributed by atoms with Crippen molar-refractivity contribution in [3.63, 3.8) is 0 Å². The van der Waals surface area contributed by atoms with Gasteiger partial charge in [-0.05, 0) is 67.6 Å². The van der Waals surface area contributed by atoms with Crippen molar-refractivity contribution < 1.29 is 18.7 Å². The van der Waals surface area contributed by atoms with Gasteiger partial charge >= 0.3 is 0 Å². The number of benzene rings is 4. The highest BCUT2D eigenvalue weighted by Crippen LogP contribution is 2.34. The average molecular weight is 672 g/mol. The molecule has 6 aromatic rings. The van der Waals surface area contributed by atoms with E-state index in [4.69, 9.17) is 30.5 Å². The van der Waals surface area contributed by atoms with Gasteiger partial charge in [-0.1, -0.05) is 57.4 Å². The minimum absolute atomic E-state index is 0.194. The van der Waals surface area contributed by atoms with E-state index in [1.807, 2.05) is 31.2 Å². The number of anilines is 1. The second-order valence-electron chi connectivity index (χ2n) is 9.84. The lowest BCUT2D eigenvalue weighted by Crippen LogP contribution is -2.21. The fraction of sp³-hybridized carbons (Fsp3) is 0.0909. The fourth-order valence-corrected chi connectivity index (χ4v) is 5.23. The maximum absolute atomic E-state index is 13.7. The number of methoxy groups -OCH3 is 1. The van der Waals surface area contributed by atoms with Gasteiger partial charge in [0.15, 0.2) is 23.9 Å². The van der Waals surface area contributed by atoms with Crippen LogP contribution in [0.1, 0.15) is 11.1 Å². The zero-order valence-electron chi connectivity index (χ0n) is 23.5. The molecule has 0 unspecified atom stereocenters. The van der Waals surface area contributed by atoms with Crippen LogP contribution in [-0.4, -0.2) is 35.5 Å². The summed E-state index contributed by atoms with van der Waals surface area (Å²) < 4.78 is 19.4. The number of ether oxygens (including phenoxy) is 2. The van der Waals surface area contributed by atoms with Crippen LogP contribution in [0.3, 0.4) is 0 Å². The topological polar surface area (TPSA) is 108 Å². The first-order valence-corrected chi connectivity index (χ1v) is 14.6. The molecule has 6 rings (SSSR count). The number of rotatable bonds is 8. The molecule has 0 aliphatic rings. The SMILES string of the molecule is COc1cc(Br)cc(C=Nn2c(-c3cc4cc(Cl)ccc4o3)nc3ccccc3c2=O)c1OCC(=O)Nc1ccc(C)cc1. The highest BCUT2D eigenvalue weighted by atomic mass is 79.9. The van der Waals surface area contributed by atoms with Crippen molar-refractivity contribution in [2.24, 2.45) is 5.10 Å². The van der Waals surface area contributed by atoms with Crippen molar-refractivity contribution in [3.8, 4) is 23.1 Å². The van der Waals surface area contributed by atoms with Gasteiger partial charge in [0.05, 0.1) is 24.2 Å². The van der Waals surface area contributed by atoms with Crippen LogP contribution >= 0.6 is 27.5 Å². The highest BCUT2D eigenvalue weighted by Gasteiger charge is 2.18. The Bertz CT molecular complexity index is 2120. The molecule has 0 aliphatic heterocycles. The van der Waals surface area contributed by atoms with Gasteiger partial charge in [0.1, 0.15) is 5.58 Å². The molecule has 0 spiro atoms. The summed E-state index contributed by atoms with van der Waals surface area (Å²) in [6.07, 6.45) is 1.45. The van der Waals surface area contributed by atoms with Crippen LogP contribution in [0.4, 0.5) is 5.69 Å². The first-order valence-electron chi connectivity index (χ1n) is 13.4. The summed E-state index contributed by atoms with van der Waals surface area (Å²) in [6, 6.07) is 24.9. The number of para-hydroxylation sites is 1. The van der Waals surface area contributed by atoms with Gasteiger partial charge in [0, 0.05) is 26.1 Å². The molecule has 1 amide bonds. The first kappa shape index (κ1) is 29.2. The molecule has 220 valence electrons. The Morgan fingerprint density at radius 2 is 1.89 bits per heavy atom. The van der Waals surface area contributed by atoms with E-state index in [0.717, 1.165) is 10.9 Å². The number of amides is 1. The summed E-state index contributed by atoms with van der Waals surface area (Å²) >= 11 is 9.67. The molecule has 0 saturated heterocycles. The fourth-order valence-electron chi connectivity index (χ4n) is 4.60. The monoisotopic (exact) mass is 670 g/mol. The third kappa shape index (κ3) is 6.08. The van der Waals surface area contributed by atoms with Crippen molar-refractivity contribution in [2.45, 2.75) is 6.92 Å². The van der Waals surface area contributed by atoms with Crippen molar-refractivity contribution in [3.05, 3.63) is 116 Å². The molecular formula is C33H24BrClN4O5. The van der Waals surface area contributed by atoms with Crippen LogP contribution in [-0.2, 0) is 4.79 Å². The second-order valence-corrected chi connectivity index (χ2v) is 11.2. The maximum Gasteiger partial charge on any atom is 0.282 e. The van der Waals surface area contributed by atoms with Crippen molar-refractivity contribution >= 4 is 67.2 Å². The summed E-state index contributed by atoms with van der Waals surface area (Å²) in [5.41, 5.74) is 2.85. The first-order chi connectivity index (χ1) is 21.3. The Hall–Kier alpha value is -4.93. The van der Waals surface area contributed by atoms with Crippen molar-refractivity contribution in [1.29, 1.82) is 0 Å². The number of aryl methyl sites for hydroxylation is 1. The van der Waals surface area contributed by atoms with E-state index in [1.54, 1.807) is 60.7 Å². The van der Waals surface area contributed by atoms with Crippen molar-refractivity contribution in [2.75, 3.05) is 19.0 Å². The number of nitrogens with one attached hydrogen (secondary N) is 1. The van der Waals surface area contributed by atoms with Crippen LogP contribution in [0.25, 0.3) is 33.5 Å². The summed E-state index contributed by atoms with van der Waals surface area (Å²) in [5, 5.41) is 9.04. The predicted molar refractivity (Wildman–Crippen MR) is 175 cm³/mol. The molecule has 2 aromatic heterocycles. The number of hydrogen-bond acceptors (Lipinski definition) is 7. The maximum atomic E-state index is 13.7. The lowest BCUT2D eigenvalue weighted by atomic mass is 10.2. The average Bonchev–Trinajstić information content (AvgIpc) is 3.44. The lowest BCUT2D eigenvalue weighted by Gasteiger charge is -2.14. The number of carbonyl (C=O) groups is 1. The van der Waals surface area contributed by atoms with Gasteiger partial charge in [-0.15, -0.1) is 0 Å². The molecule has 0 bridgehead atoms. The van der Waals surface area contributed by atoms with E-state index in [2.05, 4.69) is 26.3 Å². The summed E-state index contributed by atoms with van der Waals surface area (Å²) in [6.45, 7) is 1.67. The molecule has 11 heteroatoms. The molecule has 2 heterocycles. The Morgan fingerprint density at radius 1 is 1.09 bits per heavy atom. The van der Waals surface area contributed by atoms with E-state index < -0.39 is 5.56 Å². The Labute approximate surface area is 264 Å². The Kier molecular flexibility index (Phi) is 8.19. The minimum atomic E-state index is -0.401. The van der Waals surface area contributed by atoms with E-state index in [1.165, 1.54) is 18.0 Å². The smallest absolute Gasteiger partial charge is 0.282 e. The van der Waals surface area contributed by atoms with Gasteiger partial charge in [0.25, 0.3) is 11.5 Å². The number of halogens is 2. The Morgan fingerprint density at radius 3 is 2.68 bits per heavy atom. The van der Waals surface area contributed by atoms with Crippen LogP contribution in [0, 0.1) is 6.92 Å². The van der Waals surface area contributed by atoms with Crippen molar-refractivity contribution in [1.82, 2.24) is 9.66 Å². The largest absolute Gasteiger partial charge is 0.493 e. The number of carbonyl (C=O) groups excluding carboxylic acids is 1. The van der Waals surface area contributed by atoms with Gasteiger partial charge in [0.2, 0.25) is 5.82 Å². The molecule has 44 heavy (non-hydrogen) atoms. The van der Waals surface area contributed by atoms with E-state index >= 15 is 0 Å². The van der Waals surface area contributed by atoms with Crippen LogP contribution in [0.15, 0.2) is 104 Å². The molecule has 1 N–H and O–H groups in total. The molecule has 0 saturated carbocycles. The Balaban J connectivity index is 1.39. The molecule has 0 atom stereocenters.